The molecular formula is C18H12N2O3S. The summed E-state index contributed by atoms with van der Waals surface area (Å²) >= 11 is 1.42. The summed E-state index contributed by atoms with van der Waals surface area (Å²) in [5.41, 5.74) is 1.49. The minimum Gasteiger partial charge on any atom is -0.286 e. The molecule has 0 saturated heterocycles. The smallest absolute Gasteiger partial charge is 0.266 e. The van der Waals surface area contributed by atoms with Gasteiger partial charge in [0.1, 0.15) is 5.04 Å². The fourth-order valence-electron chi connectivity index (χ4n) is 2.79. The predicted octanol–water partition coefficient (Wildman–Crippen LogP) is 2.82. The molecule has 0 aliphatic carbocycles. The van der Waals surface area contributed by atoms with Crippen molar-refractivity contribution in [1.82, 2.24) is 0 Å². The Hall–Kier alpha value is -2.73. The van der Waals surface area contributed by atoms with Gasteiger partial charge in [0.25, 0.3) is 11.8 Å². The molecule has 24 heavy (non-hydrogen) atoms. The molecule has 0 aromatic heterocycles. The van der Waals surface area contributed by atoms with Crippen molar-refractivity contribution in [2.45, 2.75) is 0 Å². The van der Waals surface area contributed by atoms with Crippen molar-refractivity contribution in [2.24, 2.45) is 4.99 Å². The highest BCUT2D eigenvalue weighted by molar-refractivity contribution is 8.16. The molecule has 2 heterocycles. The van der Waals surface area contributed by atoms with E-state index in [1.165, 1.54) is 17.8 Å². The Labute approximate surface area is 142 Å². The molecule has 0 atom stereocenters. The molecule has 0 bridgehead atoms. The lowest BCUT2D eigenvalue weighted by atomic mass is 10.0. The zero-order valence-corrected chi connectivity index (χ0v) is 13.4. The van der Waals surface area contributed by atoms with E-state index < -0.39 is 5.91 Å². The molecule has 0 unspecified atom stereocenters. The van der Waals surface area contributed by atoms with E-state index in [2.05, 4.69) is 4.99 Å². The number of ketones is 1. The molecule has 0 spiro atoms. The summed E-state index contributed by atoms with van der Waals surface area (Å²) in [5, 5.41) is 0.464. The topological polar surface area (TPSA) is 66.8 Å². The van der Waals surface area contributed by atoms with E-state index in [1.54, 1.807) is 36.4 Å². The predicted molar refractivity (Wildman–Crippen MR) is 93.1 cm³/mol. The highest BCUT2D eigenvalue weighted by atomic mass is 32.2. The lowest BCUT2D eigenvalue weighted by Gasteiger charge is -2.13. The van der Waals surface area contributed by atoms with Crippen LogP contribution in [0.1, 0.15) is 31.1 Å². The second-order valence-electron chi connectivity index (χ2n) is 5.41. The highest BCUT2D eigenvalue weighted by Crippen LogP contribution is 2.29. The van der Waals surface area contributed by atoms with Gasteiger partial charge >= 0.3 is 0 Å². The fraction of sp³-hybridized carbons (Fsp3) is 0.111. The summed E-state index contributed by atoms with van der Waals surface area (Å²) in [5.74, 6) is -0.172. The van der Waals surface area contributed by atoms with E-state index in [0.717, 1.165) is 10.7 Å². The molecule has 2 aliphatic rings. The SMILES string of the molecule is O=C(C1=NCCS1)c1ccc2c(c1)C(=O)N(c1ccccc1)C2=O. The maximum Gasteiger partial charge on any atom is 0.266 e. The van der Waals surface area contributed by atoms with Gasteiger partial charge in [0, 0.05) is 17.9 Å². The van der Waals surface area contributed by atoms with Crippen molar-refractivity contribution < 1.29 is 14.4 Å². The number of para-hydroxylation sites is 1. The number of Topliss-reactive ketones (excluding diaryl/α,β-unsaturated/α-hetero) is 1. The van der Waals surface area contributed by atoms with Gasteiger partial charge in [-0.3, -0.25) is 19.4 Å². The van der Waals surface area contributed by atoms with E-state index in [9.17, 15) is 14.4 Å². The zero-order chi connectivity index (χ0) is 16.7. The Balaban J connectivity index is 1.72. The zero-order valence-electron chi connectivity index (χ0n) is 12.6. The number of aliphatic imine (C=N–C) groups is 1. The third-order valence-electron chi connectivity index (χ3n) is 3.94. The van der Waals surface area contributed by atoms with Crippen molar-refractivity contribution >= 4 is 40.1 Å². The van der Waals surface area contributed by atoms with Gasteiger partial charge in [-0.2, -0.15) is 0 Å². The Morgan fingerprint density at radius 1 is 1.00 bits per heavy atom. The molecule has 6 heteroatoms. The van der Waals surface area contributed by atoms with Gasteiger partial charge in [-0.25, -0.2) is 4.90 Å². The monoisotopic (exact) mass is 336 g/mol. The first-order valence-corrected chi connectivity index (χ1v) is 8.45. The van der Waals surface area contributed by atoms with Crippen LogP contribution in [0.2, 0.25) is 0 Å². The lowest BCUT2D eigenvalue weighted by molar-refractivity contribution is 0.0925. The first-order chi connectivity index (χ1) is 11.7. The molecule has 0 fully saturated rings. The number of fused-ring (bicyclic) bond motifs is 1. The number of carbonyl (C=O) groups is 3. The summed E-state index contributed by atoms with van der Waals surface area (Å²) in [6.07, 6.45) is 0. The van der Waals surface area contributed by atoms with Crippen molar-refractivity contribution in [3.05, 3.63) is 65.2 Å². The van der Waals surface area contributed by atoms with E-state index >= 15 is 0 Å². The second kappa shape index (κ2) is 5.72. The molecule has 5 nitrogen and oxygen atoms in total. The van der Waals surface area contributed by atoms with Gasteiger partial charge in [-0.05, 0) is 24.3 Å². The Bertz CT molecular complexity index is 906. The molecule has 4 rings (SSSR count). The van der Waals surface area contributed by atoms with Crippen LogP contribution in [0.4, 0.5) is 5.69 Å². The largest absolute Gasteiger partial charge is 0.286 e. The molecular weight excluding hydrogens is 324 g/mol. The second-order valence-corrected chi connectivity index (χ2v) is 6.49. The number of imide groups is 1. The third-order valence-corrected chi connectivity index (χ3v) is 4.92. The number of hydrogen-bond acceptors (Lipinski definition) is 5. The molecule has 0 saturated carbocycles. The van der Waals surface area contributed by atoms with Gasteiger partial charge in [0.05, 0.1) is 16.8 Å². The minimum absolute atomic E-state index is 0.196. The van der Waals surface area contributed by atoms with Crippen LogP contribution < -0.4 is 4.90 Å². The Morgan fingerprint density at radius 2 is 1.75 bits per heavy atom. The van der Waals surface area contributed by atoms with Crippen LogP contribution in [0.15, 0.2) is 53.5 Å². The lowest BCUT2D eigenvalue weighted by Crippen LogP contribution is -2.29. The number of thioether (sulfide) groups is 1. The van der Waals surface area contributed by atoms with E-state index in [4.69, 9.17) is 0 Å². The Kier molecular flexibility index (Phi) is 3.54. The number of anilines is 1. The molecule has 2 aromatic rings. The minimum atomic E-state index is -0.406. The number of amides is 2. The number of nitrogens with zero attached hydrogens (tertiary/aromatic N) is 2. The quantitative estimate of drug-likeness (QED) is 0.638. The number of rotatable bonds is 3. The molecule has 0 N–H and O–H groups in total. The summed E-state index contributed by atoms with van der Waals surface area (Å²) in [7, 11) is 0. The number of benzene rings is 2. The number of hydrogen-bond donors (Lipinski definition) is 0. The summed E-state index contributed by atoms with van der Waals surface area (Å²) in [4.78, 5) is 42.9. The third kappa shape index (κ3) is 2.27. The molecule has 0 radical (unpaired) electrons. The Morgan fingerprint density at radius 3 is 2.46 bits per heavy atom. The van der Waals surface area contributed by atoms with E-state index in [-0.39, 0.29) is 17.3 Å². The maximum absolute atomic E-state index is 12.7. The average molecular weight is 336 g/mol. The van der Waals surface area contributed by atoms with Crippen LogP contribution in [0.25, 0.3) is 0 Å². The van der Waals surface area contributed by atoms with Crippen molar-refractivity contribution in [2.75, 3.05) is 17.2 Å². The standard InChI is InChI=1S/C18H12N2O3S/c21-15(16-19-8-9-24-16)11-6-7-13-14(10-11)18(23)20(17(13)22)12-4-2-1-3-5-12/h1-7,10H,8-9H2. The molecule has 2 aliphatic heterocycles. The molecule has 2 amide bonds. The van der Waals surface area contributed by atoms with Crippen LogP contribution in [0, 0.1) is 0 Å². The maximum atomic E-state index is 12.7. The van der Waals surface area contributed by atoms with Gasteiger partial charge < -0.3 is 0 Å². The summed E-state index contributed by atoms with van der Waals surface area (Å²) in [6, 6.07) is 13.4. The van der Waals surface area contributed by atoms with Crippen molar-refractivity contribution in [3.8, 4) is 0 Å². The first-order valence-electron chi connectivity index (χ1n) is 7.46. The van der Waals surface area contributed by atoms with Gasteiger partial charge in [-0.1, -0.05) is 24.3 Å². The van der Waals surface area contributed by atoms with Crippen molar-refractivity contribution in [1.29, 1.82) is 0 Å². The summed E-state index contributed by atoms with van der Waals surface area (Å²) < 4.78 is 0. The van der Waals surface area contributed by atoms with Crippen molar-refractivity contribution in [3.63, 3.8) is 0 Å². The van der Waals surface area contributed by atoms with Crippen LogP contribution in [0.5, 0.6) is 0 Å². The van der Waals surface area contributed by atoms with Crippen LogP contribution >= 0.6 is 11.8 Å². The van der Waals surface area contributed by atoms with Gasteiger partial charge in [0.15, 0.2) is 0 Å². The van der Waals surface area contributed by atoms with Gasteiger partial charge in [0.2, 0.25) is 5.78 Å². The summed E-state index contributed by atoms with van der Waals surface area (Å²) in [6.45, 7) is 0.635. The first kappa shape index (κ1) is 14.8. The highest BCUT2D eigenvalue weighted by Gasteiger charge is 2.37. The fourth-order valence-corrected chi connectivity index (χ4v) is 3.60. The van der Waals surface area contributed by atoms with Crippen LogP contribution in [0.3, 0.4) is 0 Å². The molecule has 118 valence electrons. The number of carbonyl (C=O) groups excluding carboxylic acids is 3. The van der Waals surface area contributed by atoms with E-state index in [0.29, 0.717) is 28.4 Å². The average Bonchev–Trinajstić information content (AvgIpc) is 3.23. The van der Waals surface area contributed by atoms with E-state index in [1.807, 2.05) is 6.07 Å². The normalized spacial score (nSPS) is 16.3. The van der Waals surface area contributed by atoms with Crippen LogP contribution in [-0.4, -0.2) is 34.9 Å². The molecule has 2 aromatic carbocycles. The van der Waals surface area contributed by atoms with Crippen LogP contribution in [-0.2, 0) is 0 Å². The van der Waals surface area contributed by atoms with Gasteiger partial charge in [-0.15, -0.1) is 11.8 Å².